The van der Waals surface area contributed by atoms with E-state index < -0.39 is 23.8 Å². The van der Waals surface area contributed by atoms with Crippen molar-refractivity contribution < 1.29 is 13.9 Å². The first-order valence-corrected chi connectivity index (χ1v) is 6.42. The van der Waals surface area contributed by atoms with Crippen LogP contribution in [-0.4, -0.2) is 11.2 Å². The number of aliphatic hydroxyl groups is 1. The lowest BCUT2D eigenvalue weighted by molar-refractivity contribution is 0.141. The van der Waals surface area contributed by atoms with Crippen LogP contribution in [-0.2, 0) is 6.42 Å². The number of hydrogen-bond acceptors (Lipinski definition) is 2. The summed E-state index contributed by atoms with van der Waals surface area (Å²) < 4.78 is 27.7. The minimum absolute atomic E-state index is 0.245. The molecule has 0 radical (unpaired) electrons. The molecule has 106 valence electrons. The predicted octanol–water partition coefficient (Wildman–Crippen LogP) is 2.88. The SMILES string of the molecule is Cc1ccc(F)c([C@H](N)[C@H](O)Cc2ccccc2)c1F. The molecular weight excluding hydrogens is 260 g/mol. The quantitative estimate of drug-likeness (QED) is 0.902. The van der Waals surface area contributed by atoms with Gasteiger partial charge in [0, 0.05) is 12.0 Å². The highest BCUT2D eigenvalue weighted by atomic mass is 19.1. The summed E-state index contributed by atoms with van der Waals surface area (Å²) in [5.41, 5.74) is 6.74. The summed E-state index contributed by atoms with van der Waals surface area (Å²) in [5.74, 6) is -1.42. The molecule has 0 unspecified atom stereocenters. The summed E-state index contributed by atoms with van der Waals surface area (Å²) >= 11 is 0. The first-order chi connectivity index (χ1) is 9.50. The lowest BCUT2D eigenvalue weighted by Gasteiger charge is -2.21. The molecule has 20 heavy (non-hydrogen) atoms. The summed E-state index contributed by atoms with van der Waals surface area (Å²) in [6, 6.07) is 10.6. The Morgan fingerprint density at radius 2 is 1.75 bits per heavy atom. The van der Waals surface area contributed by atoms with Crippen LogP contribution in [0.15, 0.2) is 42.5 Å². The number of nitrogens with two attached hydrogens (primary N) is 1. The Kier molecular flexibility index (Phi) is 4.47. The Morgan fingerprint density at radius 3 is 2.40 bits per heavy atom. The molecular formula is C16H17F2NO. The number of rotatable bonds is 4. The van der Waals surface area contributed by atoms with Gasteiger partial charge in [-0.3, -0.25) is 0 Å². The van der Waals surface area contributed by atoms with Gasteiger partial charge in [-0.25, -0.2) is 8.78 Å². The second kappa shape index (κ2) is 6.11. The Balaban J connectivity index is 2.23. The van der Waals surface area contributed by atoms with Gasteiger partial charge in [0.05, 0.1) is 12.1 Å². The summed E-state index contributed by atoms with van der Waals surface area (Å²) in [5, 5.41) is 10.1. The van der Waals surface area contributed by atoms with Crippen molar-refractivity contribution in [3.63, 3.8) is 0 Å². The van der Waals surface area contributed by atoms with Crippen LogP contribution in [0.25, 0.3) is 0 Å². The largest absolute Gasteiger partial charge is 0.391 e. The van der Waals surface area contributed by atoms with Crippen molar-refractivity contribution >= 4 is 0 Å². The Labute approximate surface area is 116 Å². The molecule has 0 aliphatic rings. The lowest BCUT2D eigenvalue weighted by atomic mass is 9.95. The van der Waals surface area contributed by atoms with E-state index in [4.69, 9.17) is 5.73 Å². The fourth-order valence-electron chi connectivity index (χ4n) is 2.16. The zero-order valence-electron chi connectivity index (χ0n) is 11.2. The molecule has 0 bridgehead atoms. The molecule has 2 rings (SSSR count). The molecule has 2 aromatic rings. The van der Waals surface area contributed by atoms with Crippen LogP contribution in [0.5, 0.6) is 0 Å². The van der Waals surface area contributed by atoms with E-state index in [1.807, 2.05) is 30.3 Å². The van der Waals surface area contributed by atoms with Gasteiger partial charge >= 0.3 is 0 Å². The van der Waals surface area contributed by atoms with Crippen LogP contribution in [0.3, 0.4) is 0 Å². The van der Waals surface area contributed by atoms with Crippen LogP contribution >= 0.6 is 0 Å². The van der Waals surface area contributed by atoms with E-state index in [-0.39, 0.29) is 12.0 Å². The minimum Gasteiger partial charge on any atom is -0.391 e. The highest BCUT2D eigenvalue weighted by molar-refractivity contribution is 5.30. The molecule has 0 heterocycles. The molecule has 3 N–H and O–H groups in total. The zero-order chi connectivity index (χ0) is 14.7. The third-order valence-electron chi connectivity index (χ3n) is 3.36. The van der Waals surface area contributed by atoms with Crippen LogP contribution in [0.1, 0.15) is 22.7 Å². The lowest BCUT2D eigenvalue weighted by Crippen LogP contribution is -2.30. The molecule has 2 nitrogen and oxygen atoms in total. The highest BCUT2D eigenvalue weighted by Crippen LogP contribution is 2.25. The third-order valence-corrected chi connectivity index (χ3v) is 3.36. The first kappa shape index (κ1) is 14.6. The Morgan fingerprint density at radius 1 is 1.10 bits per heavy atom. The summed E-state index contributed by atoms with van der Waals surface area (Å²) in [6.07, 6.45) is -0.808. The second-order valence-electron chi connectivity index (χ2n) is 4.87. The van der Waals surface area contributed by atoms with Gasteiger partial charge in [-0.05, 0) is 24.1 Å². The fourth-order valence-corrected chi connectivity index (χ4v) is 2.16. The maximum atomic E-state index is 14.0. The zero-order valence-corrected chi connectivity index (χ0v) is 11.2. The topological polar surface area (TPSA) is 46.2 Å². The van der Waals surface area contributed by atoms with Crippen molar-refractivity contribution in [2.45, 2.75) is 25.5 Å². The van der Waals surface area contributed by atoms with E-state index in [0.29, 0.717) is 5.56 Å². The van der Waals surface area contributed by atoms with Crippen LogP contribution in [0.2, 0.25) is 0 Å². The van der Waals surface area contributed by atoms with E-state index in [0.717, 1.165) is 5.56 Å². The van der Waals surface area contributed by atoms with Crippen LogP contribution in [0.4, 0.5) is 8.78 Å². The van der Waals surface area contributed by atoms with Crippen LogP contribution < -0.4 is 5.73 Å². The van der Waals surface area contributed by atoms with E-state index >= 15 is 0 Å². The second-order valence-corrected chi connectivity index (χ2v) is 4.87. The van der Waals surface area contributed by atoms with E-state index in [2.05, 4.69) is 0 Å². The molecule has 0 saturated carbocycles. The van der Waals surface area contributed by atoms with Gasteiger partial charge in [-0.1, -0.05) is 36.4 Å². The minimum atomic E-state index is -1.10. The standard InChI is InChI=1S/C16H17F2NO/c1-10-7-8-12(17)14(15(10)18)16(19)13(20)9-11-5-3-2-4-6-11/h2-8,13,16,20H,9,19H2,1H3/t13-,16-/m1/s1. The van der Waals surface area contributed by atoms with Gasteiger partial charge in [-0.2, -0.15) is 0 Å². The maximum absolute atomic E-state index is 14.0. The van der Waals surface area contributed by atoms with Gasteiger partial charge in [0.2, 0.25) is 0 Å². The van der Waals surface area contributed by atoms with Crippen molar-refractivity contribution in [1.82, 2.24) is 0 Å². The number of hydrogen-bond donors (Lipinski definition) is 2. The predicted molar refractivity (Wildman–Crippen MR) is 74.2 cm³/mol. The number of halogens is 2. The smallest absolute Gasteiger partial charge is 0.133 e. The van der Waals surface area contributed by atoms with Crippen molar-refractivity contribution in [2.24, 2.45) is 5.73 Å². The Hall–Kier alpha value is -1.78. The molecule has 0 fully saturated rings. The number of benzene rings is 2. The van der Waals surface area contributed by atoms with Crippen molar-refractivity contribution in [2.75, 3.05) is 0 Å². The van der Waals surface area contributed by atoms with Gasteiger partial charge in [0.15, 0.2) is 0 Å². The van der Waals surface area contributed by atoms with E-state index in [1.165, 1.54) is 19.1 Å². The van der Waals surface area contributed by atoms with Gasteiger partial charge < -0.3 is 10.8 Å². The summed E-state index contributed by atoms with van der Waals surface area (Å²) in [6.45, 7) is 1.54. The van der Waals surface area contributed by atoms with Gasteiger partial charge in [0.25, 0.3) is 0 Å². The molecule has 2 atom stereocenters. The molecule has 2 aromatic carbocycles. The summed E-state index contributed by atoms with van der Waals surface area (Å²) in [4.78, 5) is 0. The Bertz CT molecular complexity index is 587. The molecule has 0 amide bonds. The normalized spacial score (nSPS) is 14.1. The maximum Gasteiger partial charge on any atom is 0.133 e. The van der Waals surface area contributed by atoms with Crippen molar-refractivity contribution in [3.05, 3.63) is 70.8 Å². The van der Waals surface area contributed by atoms with Crippen molar-refractivity contribution in [3.8, 4) is 0 Å². The number of aliphatic hydroxyl groups excluding tert-OH is 1. The average Bonchev–Trinajstić information content (AvgIpc) is 2.44. The molecule has 0 aliphatic heterocycles. The van der Waals surface area contributed by atoms with E-state index in [9.17, 15) is 13.9 Å². The fraction of sp³-hybridized carbons (Fsp3) is 0.250. The van der Waals surface area contributed by atoms with Crippen LogP contribution in [0, 0.1) is 18.6 Å². The average molecular weight is 277 g/mol. The molecule has 0 saturated heterocycles. The van der Waals surface area contributed by atoms with Gasteiger partial charge in [-0.15, -0.1) is 0 Å². The molecule has 0 aromatic heterocycles. The summed E-state index contributed by atoms with van der Waals surface area (Å²) in [7, 11) is 0. The monoisotopic (exact) mass is 277 g/mol. The molecule has 0 spiro atoms. The van der Waals surface area contributed by atoms with Crippen molar-refractivity contribution in [1.29, 1.82) is 0 Å². The highest BCUT2D eigenvalue weighted by Gasteiger charge is 2.24. The number of aryl methyl sites for hydroxylation is 1. The van der Waals surface area contributed by atoms with E-state index in [1.54, 1.807) is 0 Å². The first-order valence-electron chi connectivity index (χ1n) is 6.42. The third kappa shape index (κ3) is 3.03. The molecule has 0 aliphatic carbocycles. The van der Waals surface area contributed by atoms with Gasteiger partial charge in [0.1, 0.15) is 11.6 Å². The molecule has 4 heteroatoms.